The van der Waals surface area contributed by atoms with Crippen LogP contribution in [0.4, 0.5) is 0 Å². The van der Waals surface area contributed by atoms with Gasteiger partial charge in [-0.3, -0.25) is 4.68 Å². The molecule has 4 heteroatoms. The van der Waals surface area contributed by atoms with Gasteiger partial charge in [-0.25, -0.2) is 0 Å². The van der Waals surface area contributed by atoms with Crippen LogP contribution in [-0.2, 0) is 19.9 Å². The van der Waals surface area contributed by atoms with Crippen LogP contribution in [0.1, 0.15) is 11.1 Å². The van der Waals surface area contributed by atoms with Crippen LogP contribution in [0.2, 0.25) is 0 Å². The molecule has 0 amide bonds. The molecule has 86 valence electrons. The number of hydrogen-bond donors (Lipinski definition) is 1. The second-order valence-corrected chi connectivity index (χ2v) is 4.68. The van der Waals surface area contributed by atoms with Crippen LogP contribution < -0.4 is 5.32 Å². The molecule has 0 saturated carbocycles. The lowest BCUT2D eigenvalue weighted by atomic mass is 10.2. The molecule has 0 saturated heterocycles. The van der Waals surface area contributed by atoms with E-state index in [4.69, 9.17) is 0 Å². The number of hydrogen-bond acceptors (Lipinski definition) is 3. The van der Waals surface area contributed by atoms with Crippen molar-refractivity contribution in [3.8, 4) is 0 Å². The molecule has 0 aliphatic heterocycles. The first-order chi connectivity index (χ1) is 7.84. The zero-order valence-corrected chi connectivity index (χ0v) is 10.3. The van der Waals surface area contributed by atoms with E-state index in [1.807, 2.05) is 17.9 Å². The van der Waals surface area contributed by atoms with Crippen LogP contribution in [0.3, 0.4) is 0 Å². The summed E-state index contributed by atoms with van der Waals surface area (Å²) in [6.45, 7) is 2.08. The minimum atomic E-state index is 1.02. The maximum atomic E-state index is 4.15. The molecule has 0 aliphatic carbocycles. The predicted molar refractivity (Wildman–Crippen MR) is 67.8 cm³/mol. The third-order valence-corrected chi connectivity index (χ3v) is 3.25. The predicted octanol–water partition coefficient (Wildman–Crippen LogP) is 1.86. The van der Waals surface area contributed by atoms with Crippen LogP contribution in [0.15, 0.2) is 29.2 Å². The molecule has 2 aromatic heterocycles. The van der Waals surface area contributed by atoms with E-state index in [2.05, 4.69) is 33.4 Å². The van der Waals surface area contributed by atoms with Gasteiger partial charge in [0.25, 0.3) is 0 Å². The quantitative estimate of drug-likeness (QED) is 0.775. The summed E-state index contributed by atoms with van der Waals surface area (Å²) in [5.41, 5.74) is 2.73. The van der Waals surface area contributed by atoms with E-state index < -0.39 is 0 Å². The van der Waals surface area contributed by atoms with E-state index in [9.17, 15) is 0 Å². The van der Waals surface area contributed by atoms with Crippen molar-refractivity contribution in [3.05, 3.63) is 40.3 Å². The van der Waals surface area contributed by atoms with Gasteiger partial charge in [0.05, 0.1) is 6.20 Å². The number of nitrogens with zero attached hydrogens (tertiary/aromatic N) is 2. The van der Waals surface area contributed by atoms with Crippen molar-refractivity contribution < 1.29 is 0 Å². The first-order valence-corrected chi connectivity index (χ1v) is 6.48. The SMILES string of the molecule is Cn1cc(CCNCCc2ccsc2)cn1. The van der Waals surface area contributed by atoms with Crippen molar-refractivity contribution in [2.45, 2.75) is 12.8 Å². The zero-order chi connectivity index (χ0) is 11.2. The van der Waals surface area contributed by atoms with Gasteiger partial charge < -0.3 is 5.32 Å². The van der Waals surface area contributed by atoms with E-state index in [0.717, 1.165) is 25.9 Å². The Morgan fingerprint density at radius 3 is 2.75 bits per heavy atom. The second kappa shape index (κ2) is 5.82. The molecule has 0 aromatic carbocycles. The summed E-state index contributed by atoms with van der Waals surface area (Å²) in [6, 6.07) is 2.19. The Morgan fingerprint density at radius 2 is 2.12 bits per heavy atom. The summed E-state index contributed by atoms with van der Waals surface area (Å²) >= 11 is 1.76. The minimum absolute atomic E-state index is 1.02. The summed E-state index contributed by atoms with van der Waals surface area (Å²) in [6.07, 6.45) is 6.18. The highest BCUT2D eigenvalue weighted by molar-refractivity contribution is 7.07. The first-order valence-electron chi connectivity index (χ1n) is 5.54. The van der Waals surface area contributed by atoms with Crippen molar-refractivity contribution in [1.82, 2.24) is 15.1 Å². The number of nitrogens with one attached hydrogen (secondary N) is 1. The van der Waals surface area contributed by atoms with Gasteiger partial charge in [0, 0.05) is 13.2 Å². The fraction of sp³-hybridized carbons (Fsp3) is 0.417. The van der Waals surface area contributed by atoms with Crippen LogP contribution >= 0.6 is 11.3 Å². The summed E-state index contributed by atoms with van der Waals surface area (Å²) in [5, 5.41) is 11.9. The minimum Gasteiger partial charge on any atom is -0.316 e. The second-order valence-electron chi connectivity index (χ2n) is 3.90. The van der Waals surface area contributed by atoms with Crippen LogP contribution in [-0.4, -0.2) is 22.9 Å². The topological polar surface area (TPSA) is 29.9 Å². The van der Waals surface area contributed by atoms with Crippen molar-refractivity contribution in [2.24, 2.45) is 7.05 Å². The molecule has 0 fully saturated rings. The van der Waals surface area contributed by atoms with Crippen molar-refractivity contribution in [3.63, 3.8) is 0 Å². The molecule has 0 atom stereocenters. The Labute approximate surface area is 100 Å². The largest absolute Gasteiger partial charge is 0.316 e. The average molecular weight is 235 g/mol. The highest BCUT2D eigenvalue weighted by atomic mass is 32.1. The number of rotatable bonds is 6. The van der Waals surface area contributed by atoms with Gasteiger partial charge >= 0.3 is 0 Å². The summed E-state index contributed by atoms with van der Waals surface area (Å²) in [4.78, 5) is 0. The standard InChI is InChI=1S/C12H17N3S/c1-15-9-12(8-14-15)3-6-13-5-2-11-4-7-16-10-11/h4,7-10,13H,2-3,5-6H2,1H3. The summed E-state index contributed by atoms with van der Waals surface area (Å²) in [7, 11) is 1.95. The van der Waals surface area contributed by atoms with Crippen LogP contribution in [0.25, 0.3) is 0 Å². The van der Waals surface area contributed by atoms with Gasteiger partial charge in [-0.15, -0.1) is 0 Å². The summed E-state index contributed by atoms with van der Waals surface area (Å²) < 4.78 is 1.85. The maximum absolute atomic E-state index is 4.15. The Balaban J connectivity index is 1.59. The normalized spacial score (nSPS) is 10.8. The third kappa shape index (κ3) is 3.47. The van der Waals surface area contributed by atoms with Gasteiger partial charge in [0.2, 0.25) is 0 Å². The zero-order valence-electron chi connectivity index (χ0n) is 9.52. The van der Waals surface area contributed by atoms with Crippen molar-refractivity contribution >= 4 is 11.3 Å². The van der Waals surface area contributed by atoms with Gasteiger partial charge in [0.15, 0.2) is 0 Å². The fourth-order valence-electron chi connectivity index (χ4n) is 1.63. The lowest BCUT2D eigenvalue weighted by Gasteiger charge is -2.02. The molecular formula is C12H17N3S. The van der Waals surface area contributed by atoms with E-state index in [1.54, 1.807) is 11.3 Å². The highest BCUT2D eigenvalue weighted by Gasteiger charge is 1.96. The molecule has 0 spiro atoms. The first kappa shape index (κ1) is 11.4. The molecule has 2 aromatic rings. The van der Waals surface area contributed by atoms with Crippen molar-refractivity contribution in [1.29, 1.82) is 0 Å². The number of aryl methyl sites for hydroxylation is 1. The molecule has 0 bridgehead atoms. The van der Waals surface area contributed by atoms with E-state index in [-0.39, 0.29) is 0 Å². The average Bonchev–Trinajstić information content (AvgIpc) is 2.89. The molecule has 0 unspecified atom stereocenters. The van der Waals surface area contributed by atoms with Gasteiger partial charge in [-0.2, -0.15) is 16.4 Å². The van der Waals surface area contributed by atoms with E-state index in [0.29, 0.717) is 0 Å². The Kier molecular flexibility index (Phi) is 4.13. The van der Waals surface area contributed by atoms with Gasteiger partial charge in [0.1, 0.15) is 0 Å². The Bertz CT molecular complexity index is 406. The van der Waals surface area contributed by atoms with E-state index in [1.165, 1.54) is 11.1 Å². The molecule has 2 heterocycles. The third-order valence-electron chi connectivity index (χ3n) is 2.52. The number of aromatic nitrogens is 2. The van der Waals surface area contributed by atoms with Crippen LogP contribution in [0.5, 0.6) is 0 Å². The van der Waals surface area contributed by atoms with Gasteiger partial charge in [-0.05, 0) is 53.9 Å². The number of thiophene rings is 1. The molecule has 2 rings (SSSR count). The Morgan fingerprint density at radius 1 is 1.31 bits per heavy atom. The van der Waals surface area contributed by atoms with Gasteiger partial charge in [-0.1, -0.05) is 0 Å². The molecule has 1 N–H and O–H groups in total. The lowest BCUT2D eigenvalue weighted by Crippen LogP contribution is -2.19. The molecule has 16 heavy (non-hydrogen) atoms. The van der Waals surface area contributed by atoms with Crippen LogP contribution in [0, 0.1) is 0 Å². The molecule has 0 aliphatic rings. The smallest absolute Gasteiger partial charge is 0.0522 e. The fourth-order valence-corrected chi connectivity index (χ4v) is 2.33. The Hall–Kier alpha value is -1.13. The molecule has 3 nitrogen and oxygen atoms in total. The summed E-state index contributed by atoms with van der Waals surface area (Å²) in [5.74, 6) is 0. The highest BCUT2D eigenvalue weighted by Crippen LogP contribution is 2.05. The lowest BCUT2D eigenvalue weighted by molar-refractivity contribution is 0.682. The maximum Gasteiger partial charge on any atom is 0.0522 e. The van der Waals surface area contributed by atoms with Crippen molar-refractivity contribution in [2.75, 3.05) is 13.1 Å². The monoisotopic (exact) mass is 235 g/mol. The molecular weight excluding hydrogens is 218 g/mol. The van der Waals surface area contributed by atoms with E-state index >= 15 is 0 Å². The molecule has 0 radical (unpaired) electrons.